The Balaban J connectivity index is 1.23. The quantitative estimate of drug-likeness (QED) is 0.163. The number of hydrogen-bond acceptors (Lipinski definition) is 4. The summed E-state index contributed by atoms with van der Waals surface area (Å²) in [5.74, 6) is 1.90. The Morgan fingerprint density at radius 1 is 0.259 bits per heavy atom. The maximum absolute atomic E-state index is 5.19. The van der Waals surface area contributed by atoms with E-state index in [0.29, 0.717) is 17.5 Å². The molecule has 54 heavy (non-hydrogen) atoms. The summed E-state index contributed by atoms with van der Waals surface area (Å²) in [4.78, 5) is 20.4. The van der Waals surface area contributed by atoms with Gasteiger partial charge in [-0.05, 0) is 57.3 Å². The molecule has 0 saturated carbocycles. The van der Waals surface area contributed by atoms with E-state index < -0.39 is 0 Å². The summed E-state index contributed by atoms with van der Waals surface area (Å²) in [6.45, 7) is 0. The van der Waals surface area contributed by atoms with Gasteiger partial charge in [0.15, 0.2) is 17.5 Å². The molecular formula is C50H32N4. The predicted molar refractivity (Wildman–Crippen MR) is 223 cm³/mol. The van der Waals surface area contributed by atoms with Crippen molar-refractivity contribution in [2.75, 3.05) is 0 Å². The first-order valence-corrected chi connectivity index (χ1v) is 18.1. The predicted octanol–water partition coefficient (Wildman–Crippen LogP) is 12.7. The third-order valence-corrected chi connectivity index (χ3v) is 10.1. The highest BCUT2D eigenvalue weighted by molar-refractivity contribution is 6.24. The van der Waals surface area contributed by atoms with Crippen molar-refractivity contribution in [3.05, 3.63) is 194 Å². The first kappa shape index (κ1) is 31.4. The van der Waals surface area contributed by atoms with Crippen LogP contribution >= 0.6 is 0 Å². The molecule has 4 nitrogen and oxygen atoms in total. The van der Waals surface area contributed by atoms with E-state index in [1.807, 2.05) is 66.7 Å². The number of fused-ring (bicyclic) bond motifs is 5. The minimum absolute atomic E-state index is 0.622. The average Bonchev–Trinajstić information content (AvgIpc) is 3.26. The number of pyridine rings is 1. The summed E-state index contributed by atoms with van der Waals surface area (Å²) in [7, 11) is 0. The number of para-hydroxylation sites is 1. The smallest absolute Gasteiger partial charge is 0.164 e. The monoisotopic (exact) mass is 688 g/mol. The fourth-order valence-corrected chi connectivity index (χ4v) is 7.52. The topological polar surface area (TPSA) is 51.6 Å². The Morgan fingerprint density at radius 3 is 1.39 bits per heavy atom. The molecule has 0 aliphatic carbocycles. The molecule has 0 atom stereocenters. The highest BCUT2D eigenvalue weighted by Gasteiger charge is 2.18. The molecule has 2 aromatic heterocycles. The van der Waals surface area contributed by atoms with Crippen LogP contribution in [-0.2, 0) is 0 Å². The molecule has 4 heteroatoms. The summed E-state index contributed by atoms with van der Waals surface area (Å²) in [5.41, 5.74) is 10.3. The molecule has 252 valence electrons. The lowest BCUT2D eigenvalue weighted by molar-refractivity contribution is 1.07. The molecule has 0 radical (unpaired) electrons. The van der Waals surface area contributed by atoms with Gasteiger partial charge >= 0.3 is 0 Å². The van der Waals surface area contributed by atoms with Gasteiger partial charge in [-0.15, -0.1) is 0 Å². The molecule has 0 fully saturated rings. The Hall–Kier alpha value is -7.30. The SMILES string of the molecule is c1ccc(-c2cc(-c3nc(-c4ccccc4)nc(-c4ccccc4)n3)cc(-c3cccc4c3ccc3c(-c5ccccc5)nc5ccccc5c34)c2)cc1. The van der Waals surface area contributed by atoms with Crippen LogP contribution in [0.4, 0.5) is 0 Å². The fraction of sp³-hybridized carbons (Fsp3) is 0. The van der Waals surface area contributed by atoms with Crippen molar-refractivity contribution in [3.63, 3.8) is 0 Å². The van der Waals surface area contributed by atoms with E-state index in [1.54, 1.807) is 0 Å². The molecule has 0 aliphatic rings. The molecule has 0 unspecified atom stereocenters. The second-order valence-corrected chi connectivity index (χ2v) is 13.4. The van der Waals surface area contributed by atoms with Gasteiger partial charge in [0.1, 0.15) is 0 Å². The highest BCUT2D eigenvalue weighted by atomic mass is 15.0. The highest BCUT2D eigenvalue weighted by Crippen LogP contribution is 2.41. The van der Waals surface area contributed by atoms with Gasteiger partial charge in [-0.2, -0.15) is 0 Å². The van der Waals surface area contributed by atoms with Gasteiger partial charge in [-0.25, -0.2) is 19.9 Å². The van der Waals surface area contributed by atoms with Crippen LogP contribution in [0.15, 0.2) is 194 Å². The number of benzene rings is 8. The molecule has 0 aliphatic heterocycles. The van der Waals surface area contributed by atoms with Crippen molar-refractivity contribution < 1.29 is 0 Å². The lowest BCUT2D eigenvalue weighted by Gasteiger charge is -2.16. The van der Waals surface area contributed by atoms with E-state index in [9.17, 15) is 0 Å². The fourth-order valence-electron chi connectivity index (χ4n) is 7.52. The third-order valence-electron chi connectivity index (χ3n) is 10.1. The largest absolute Gasteiger partial charge is 0.247 e. The van der Waals surface area contributed by atoms with E-state index in [4.69, 9.17) is 19.9 Å². The van der Waals surface area contributed by atoms with E-state index in [0.717, 1.165) is 66.5 Å². The van der Waals surface area contributed by atoms with Crippen molar-refractivity contribution in [2.45, 2.75) is 0 Å². The molecule has 0 saturated heterocycles. The standard InChI is InChI=1S/C50H32N4/c1-5-16-33(17-6-1)37-30-38(32-39(31-37)50-53-48(35-20-9-3-10-21-35)52-49(54-50)36-22-11-4-12-23-36)40-25-15-26-42-41(40)28-29-44-46(42)43-24-13-14-27-45(43)51-47(44)34-18-7-2-8-19-34/h1-32H. The van der Waals surface area contributed by atoms with Gasteiger partial charge in [0.25, 0.3) is 0 Å². The summed E-state index contributed by atoms with van der Waals surface area (Å²) in [6, 6.07) is 67.6. The van der Waals surface area contributed by atoms with Crippen LogP contribution in [0.3, 0.4) is 0 Å². The second-order valence-electron chi connectivity index (χ2n) is 13.4. The normalized spacial score (nSPS) is 11.3. The summed E-state index contributed by atoms with van der Waals surface area (Å²) in [5, 5.41) is 5.83. The number of nitrogens with zero attached hydrogens (tertiary/aromatic N) is 4. The first-order valence-electron chi connectivity index (χ1n) is 18.1. The van der Waals surface area contributed by atoms with Crippen LogP contribution in [0.5, 0.6) is 0 Å². The lowest BCUT2D eigenvalue weighted by atomic mass is 9.90. The van der Waals surface area contributed by atoms with Gasteiger partial charge in [0.2, 0.25) is 0 Å². The van der Waals surface area contributed by atoms with E-state index in [-0.39, 0.29) is 0 Å². The molecule has 10 aromatic rings. The van der Waals surface area contributed by atoms with Crippen molar-refractivity contribution in [2.24, 2.45) is 0 Å². The minimum atomic E-state index is 0.622. The number of hydrogen-bond donors (Lipinski definition) is 0. The molecule has 8 aromatic carbocycles. The molecule has 0 amide bonds. The van der Waals surface area contributed by atoms with Crippen molar-refractivity contribution in [1.29, 1.82) is 0 Å². The summed E-state index contributed by atoms with van der Waals surface area (Å²) < 4.78 is 0. The van der Waals surface area contributed by atoms with E-state index >= 15 is 0 Å². The second kappa shape index (κ2) is 13.4. The molecule has 2 heterocycles. The molecular weight excluding hydrogens is 657 g/mol. The van der Waals surface area contributed by atoms with E-state index in [1.165, 1.54) is 16.2 Å². The van der Waals surface area contributed by atoms with Crippen LogP contribution in [0.1, 0.15) is 0 Å². The Kier molecular flexibility index (Phi) is 7.77. The van der Waals surface area contributed by atoms with Crippen LogP contribution in [0.2, 0.25) is 0 Å². The number of aromatic nitrogens is 4. The van der Waals surface area contributed by atoms with E-state index in [2.05, 4.69) is 127 Å². The minimum Gasteiger partial charge on any atom is -0.247 e. The third kappa shape index (κ3) is 5.67. The zero-order chi connectivity index (χ0) is 35.8. The summed E-state index contributed by atoms with van der Waals surface area (Å²) in [6.07, 6.45) is 0. The van der Waals surface area contributed by atoms with Crippen LogP contribution < -0.4 is 0 Å². The van der Waals surface area contributed by atoms with Gasteiger partial charge in [-0.3, -0.25) is 0 Å². The van der Waals surface area contributed by atoms with Gasteiger partial charge in [0, 0.05) is 38.4 Å². The van der Waals surface area contributed by atoms with Crippen molar-refractivity contribution >= 4 is 32.4 Å². The molecule has 10 rings (SSSR count). The Labute approximate surface area is 313 Å². The number of rotatable bonds is 6. The van der Waals surface area contributed by atoms with Gasteiger partial charge < -0.3 is 0 Å². The zero-order valence-corrected chi connectivity index (χ0v) is 29.3. The van der Waals surface area contributed by atoms with Gasteiger partial charge in [0.05, 0.1) is 11.2 Å². The van der Waals surface area contributed by atoms with Crippen molar-refractivity contribution in [1.82, 2.24) is 19.9 Å². The van der Waals surface area contributed by atoms with Crippen LogP contribution in [0, 0.1) is 0 Å². The van der Waals surface area contributed by atoms with Crippen LogP contribution in [0.25, 0.3) is 100 Å². The average molecular weight is 689 g/mol. The molecule has 0 bridgehead atoms. The van der Waals surface area contributed by atoms with Crippen LogP contribution in [-0.4, -0.2) is 19.9 Å². The maximum atomic E-state index is 5.19. The zero-order valence-electron chi connectivity index (χ0n) is 29.3. The Bertz CT molecular complexity index is 2910. The first-order chi connectivity index (χ1) is 26.8. The molecule has 0 spiro atoms. The lowest BCUT2D eigenvalue weighted by Crippen LogP contribution is -2.00. The Morgan fingerprint density at radius 2 is 0.741 bits per heavy atom. The summed E-state index contributed by atoms with van der Waals surface area (Å²) >= 11 is 0. The molecule has 0 N–H and O–H groups in total. The van der Waals surface area contributed by atoms with Gasteiger partial charge in [-0.1, -0.05) is 170 Å². The maximum Gasteiger partial charge on any atom is 0.164 e. The van der Waals surface area contributed by atoms with Crippen molar-refractivity contribution in [3.8, 4) is 67.7 Å².